The second-order valence-corrected chi connectivity index (χ2v) is 5.57. The number of benzene rings is 2. The number of anilines is 2. The van der Waals surface area contributed by atoms with E-state index in [0.29, 0.717) is 6.04 Å². The van der Waals surface area contributed by atoms with Gasteiger partial charge in [0.1, 0.15) is 0 Å². The van der Waals surface area contributed by atoms with Crippen molar-refractivity contribution in [2.24, 2.45) is 0 Å². The monoisotopic (exact) mass is 298 g/mol. The molecule has 0 saturated carbocycles. The standard InChI is InChI=1S/C18H22N2O2/c1-13-11-19-15-9-17(21-2)18(22-3)10-16(15)20(13)12-14-7-5-4-6-8-14/h4-10,13,19H,11-12H2,1-3H3. The highest BCUT2D eigenvalue weighted by atomic mass is 16.5. The molecule has 0 bridgehead atoms. The number of nitrogens with one attached hydrogen (secondary N) is 1. The summed E-state index contributed by atoms with van der Waals surface area (Å²) < 4.78 is 10.9. The van der Waals surface area contributed by atoms with Crippen molar-refractivity contribution in [2.75, 3.05) is 31.0 Å². The van der Waals surface area contributed by atoms with Crippen LogP contribution in [0.4, 0.5) is 11.4 Å². The van der Waals surface area contributed by atoms with E-state index in [9.17, 15) is 0 Å². The van der Waals surface area contributed by atoms with E-state index in [4.69, 9.17) is 9.47 Å². The van der Waals surface area contributed by atoms with Gasteiger partial charge in [-0.2, -0.15) is 0 Å². The van der Waals surface area contributed by atoms with Crippen molar-refractivity contribution in [3.05, 3.63) is 48.0 Å². The molecule has 0 aliphatic carbocycles. The number of methoxy groups -OCH3 is 2. The number of nitrogens with zero attached hydrogens (tertiary/aromatic N) is 1. The molecule has 1 aliphatic heterocycles. The van der Waals surface area contributed by atoms with E-state index < -0.39 is 0 Å². The van der Waals surface area contributed by atoms with Crippen molar-refractivity contribution < 1.29 is 9.47 Å². The van der Waals surface area contributed by atoms with Gasteiger partial charge in [-0.15, -0.1) is 0 Å². The number of rotatable bonds is 4. The van der Waals surface area contributed by atoms with E-state index in [1.54, 1.807) is 14.2 Å². The number of hydrogen-bond donors (Lipinski definition) is 1. The van der Waals surface area contributed by atoms with Crippen molar-refractivity contribution >= 4 is 11.4 Å². The molecule has 1 aliphatic rings. The summed E-state index contributed by atoms with van der Waals surface area (Å²) in [5.41, 5.74) is 3.55. The molecule has 1 heterocycles. The minimum Gasteiger partial charge on any atom is -0.493 e. The van der Waals surface area contributed by atoms with Crippen LogP contribution in [0.5, 0.6) is 11.5 Å². The summed E-state index contributed by atoms with van der Waals surface area (Å²) in [6.45, 7) is 4.02. The van der Waals surface area contributed by atoms with Crippen LogP contribution in [-0.4, -0.2) is 26.8 Å². The Bertz CT molecular complexity index is 643. The zero-order valence-electron chi connectivity index (χ0n) is 13.3. The molecule has 0 amide bonds. The maximum Gasteiger partial charge on any atom is 0.162 e. The molecular formula is C18H22N2O2. The van der Waals surface area contributed by atoms with E-state index in [-0.39, 0.29) is 0 Å². The first-order chi connectivity index (χ1) is 10.7. The quantitative estimate of drug-likeness (QED) is 0.936. The molecule has 1 N–H and O–H groups in total. The van der Waals surface area contributed by atoms with Crippen LogP contribution in [0.3, 0.4) is 0 Å². The third kappa shape index (κ3) is 2.69. The second kappa shape index (κ2) is 6.18. The first-order valence-corrected chi connectivity index (χ1v) is 7.53. The largest absolute Gasteiger partial charge is 0.493 e. The summed E-state index contributed by atoms with van der Waals surface area (Å²) in [6, 6.07) is 15.0. The maximum absolute atomic E-state index is 5.46. The van der Waals surface area contributed by atoms with Gasteiger partial charge in [0.15, 0.2) is 11.5 Å². The zero-order chi connectivity index (χ0) is 15.5. The molecule has 22 heavy (non-hydrogen) atoms. The molecule has 1 unspecified atom stereocenters. The summed E-state index contributed by atoms with van der Waals surface area (Å²) in [5, 5.41) is 3.48. The van der Waals surface area contributed by atoms with Gasteiger partial charge in [-0.1, -0.05) is 30.3 Å². The number of ether oxygens (including phenoxy) is 2. The fourth-order valence-corrected chi connectivity index (χ4v) is 2.87. The molecule has 4 heteroatoms. The van der Waals surface area contributed by atoms with Crippen LogP contribution >= 0.6 is 0 Å². The number of fused-ring (bicyclic) bond motifs is 1. The molecule has 116 valence electrons. The van der Waals surface area contributed by atoms with Gasteiger partial charge in [-0.05, 0) is 12.5 Å². The normalized spacial score (nSPS) is 16.7. The predicted octanol–water partition coefficient (Wildman–Crippen LogP) is 3.52. The van der Waals surface area contributed by atoms with Gasteiger partial charge in [0.2, 0.25) is 0 Å². The molecular weight excluding hydrogens is 276 g/mol. The third-order valence-corrected chi connectivity index (χ3v) is 4.13. The van der Waals surface area contributed by atoms with Crippen LogP contribution < -0.4 is 19.7 Å². The minimum absolute atomic E-state index is 0.408. The van der Waals surface area contributed by atoms with Gasteiger partial charge >= 0.3 is 0 Å². The lowest BCUT2D eigenvalue weighted by molar-refractivity contribution is 0.355. The topological polar surface area (TPSA) is 33.7 Å². The average molecular weight is 298 g/mol. The summed E-state index contributed by atoms with van der Waals surface area (Å²) in [4.78, 5) is 2.41. The Labute approximate surface area is 131 Å². The van der Waals surface area contributed by atoms with Crippen molar-refractivity contribution in [1.29, 1.82) is 0 Å². The second-order valence-electron chi connectivity index (χ2n) is 5.57. The Morgan fingerprint density at radius 2 is 1.77 bits per heavy atom. The van der Waals surface area contributed by atoms with E-state index in [1.165, 1.54) is 5.56 Å². The van der Waals surface area contributed by atoms with Crippen molar-refractivity contribution in [1.82, 2.24) is 0 Å². The van der Waals surface area contributed by atoms with E-state index in [0.717, 1.165) is 36.0 Å². The Kier molecular flexibility index (Phi) is 4.09. The van der Waals surface area contributed by atoms with Gasteiger partial charge in [-0.3, -0.25) is 0 Å². The van der Waals surface area contributed by atoms with Gasteiger partial charge in [0.25, 0.3) is 0 Å². The van der Waals surface area contributed by atoms with E-state index in [1.807, 2.05) is 12.1 Å². The molecule has 2 aromatic carbocycles. The van der Waals surface area contributed by atoms with Crippen LogP contribution in [0, 0.1) is 0 Å². The summed E-state index contributed by atoms with van der Waals surface area (Å²) >= 11 is 0. The van der Waals surface area contributed by atoms with Gasteiger partial charge in [0.05, 0.1) is 25.6 Å². The van der Waals surface area contributed by atoms with Crippen molar-refractivity contribution in [2.45, 2.75) is 19.5 Å². The molecule has 4 nitrogen and oxygen atoms in total. The zero-order valence-corrected chi connectivity index (χ0v) is 13.3. The molecule has 0 spiro atoms. The van der Waals surface area contributed by atoms with Crippen LogP contribution in [0.1, 0.15) is 12.5 Å². The third-order valence-electron chi connectivity index (χ3n) is 4.13. The van der Waals surface area contributed by atoms with Crippen molar-refractivity contribution in [3.8, 4) is 11.5 Å². The highest BCUT2D eigenvalue weighted by Crippen LogP contribution is 2.41. The first-order valence-electron chi connectivity index (χ1n) is 7.53. The Hall–Kier alpha value is -2.36. The number of hydrogen-bond acceptors (Lipinski definition) is 4. The van der Waals surface area contributed by atoms with Crippen LogP contribution in [0.25, 0.3) is 0 Å². The van der Waals surface area contributed by atoms with Crippen molar-refractivity contribution in [3.63, 3.8) is 0 Å². The van der Waals surface area contributed by atoms with Gasteiger partial charge in [0, 0.05) is 31.3 Å². The molecule has 1 atom stereocenters. The van der Waals surface area contributed by atoms with Gasteiger partial charge in [-0.25, -0.2) is 0 Å². The molecule has 0 radical (unpaired) electrons. The average Bonchev–Trinajstić information content (AvgIpc) is 2.57. The van der Waals surface area contributed by atoms with Crippen LogP contribution in [0.2, 0.25) is 0 Å². The van der Waals surface area contributed by atoms with E-state index in [2.05, 4.69) is 47.5 Å². The maximum atomic E-state index is 5.46. The lowest BCUT2D eigenvalue weighted by Crippen LogP contribution is -2.41. The Balaban J connectivity index is 1.98. The molecule has 0 aromatic heterocycles. The molecule has 0 saturated heterocycles. The lowest BCUT2D eigenvalue weighted by atomic mass is 10.1. The summed E-state index contributed by atoms with van der Waals surface area (Å²) in [7, 11) is 3.34. The molecule has 3 rings (SSSR count). The van der Waals surface area contributed by atoms with Gasteiger partial charge < -0.3 is 19.7 Å². The Morgan fingerprint density at radius 3 is 2.45 bits per heavy atom. The van der Waals surface area contributed by atoms with Crippen LogP contribution in [-0.2, 0) is 6.54 Å². The smallest absolute Gasteiger partial charge is 0.162 e. The first kappa shape index (κ1) is 14.6. The fourth-order valence-electron chi connectivity index (χ4n) is 2.87. The van der Waals surface area contributed by atoms with Crippen LogP contribution in [0.15, 0.2) is 42.5 Å². The Morgan fingerprint density at radius 1 is 1.09 bits per heavy atom. The molecule has 2 aromatic rings. The summed E-state index contributed by atoms with van der Waals surface area (Å²) in [5.74, 6) is 1.51. The predicted molar refractivity (Wildman–Crippen MR) is 90.1 cm³/mol. The highest BCUT2D eigenvalue weighted by molar-refractivity contribution is 5.77. The SMILES string of the molecule is COc1cc2c(cc1OC)N(Cc1ccccc1)C(C)CN2. The lowest BCUT2D eigenvalue weighted by Gasteiger charge is -2.38. The molecule has 0 fully saturated rings. The fraction of sp³-hybridized carbons (Fsp3) is 0.333. The minimum atomic E-state index is 0.408. The van der Waals surface area contributed by atoms with E-state index >= 15 is 0 Å². The highest BCUT2D eigenvalue weighted by Gasteiger charge is 2.25. The summed E-state index contributed by atoms with van der Waals surface area (Å²) in [6.07, 6.45) is 0.